The van der Waals surface area contributed by atoms with Crippen molar-refractivity contribution in [1.82, 2.24) is 19.9 Å². The van der Waals surface area contributed by atoms with Gasteiger partial charge in [0.25, 0.3) is 5.92 Å². The minimum atomic E-state index is -2.63. The van der Waals surface area contributed by atoms with Gasteiger partial charge in [0.2, 0.25) is 5.78 Å². The molecule has 3 heterocycles. The molecule has 0 saturated carbocycles. The number of nitrogens with zero attached hydrogens (tertiary/aromatic N) is 3. The normalized spacial score (nSPS) is 17.0. The number of aryl methyl sites for hydroxylation is 1. The van der Waals surface area contributed by atoms with Gasteiger partial charge >= 0.3 is 0 Å². The lowest BCUT2D eigenvalue weighted by Crippen LogP contribution is -2.24. The summed E-state index contributed by atoms with van der Waals surface area (Å²) in [6, 6.07) is 12.7. The summed E-state index contributed by atoms with van der Waals surface area (Å²) in [5.41, 5.74) is 16.1. The van der Waals surface area contributed by atoms with Crippen LogP contribution >= 0.6 is 0 Å². The van der Waals surface area contributed by atoms with E-state index >= 15 is 0 Å². The Morgan fingerprint density at radius 1 is 1.20 bits per heavy atom. The van der Waals surface area contributed by atoms with E-state index in [-0.39, 0.29) is 24.4 Å². The number of aromatic nitrogens is 3. The third-order valence-corrected chi connectivity index (χ3v) is 6.11. The van der Waals surface area contributed by atoms with E-state index in [1.807, 2.05) is 31.2 Å². The largest absolute Gasteiger partial charge is 0.404 e. The van der Waals surface area contributed by atoms with Gasteiger partial charge in [-0.3, -0.25) is 9.69 Å². The van der Waals surface area contributed by atoms with Crippen LogP contribution in [0.5, 0.6) is 0 Å². The number of aliphatic imine (C=N–C) groups is 1. The second-order valence-electron chi connectivity index (χ2n) is 8.85. The summed E-state index contributed by atoms with van der Waals surface area (Å²) >= 11 is 0. The number of H-pyrrole nitrogens is 2. The lowest BCUT2D eigenvalue weighted by molar-refractivity contribution is 0.0115. The Hall–Kier alpha value is -4.05. The number of carbonyl (C=O) groups excluding carboxylic acids is 1. The summed E-state index contributed by atoms with van der Waals surface area (Å²) in [6.45, 7) is 2.41. The van der Waals surface area contributed by atoms with E-state index in [1.165, 1.54) is 0 Å². The molecule has 0 atom stereocenters. The fourth-order valence-corrected chi connectivity index (χ4v) is 4.42. The first kappa shape index (κ1) is 22.7. The number of nitrogens with two attached hydrogens (primary N) is 2. The van der Waals surface area contributed by atoms with Gasteiger partial charge in [0, 0.05) is 36.6 Å². The Labute approximate surface area is 199 Å². The number of alkyl halides is 2. The van der Waals surface area contributed by atoms with Crippen LogP contribution in [0.15, 0.2) is 59.2 Å². The van der Waals surface area contributed by atoms with Crippen molar-refractivity contribution >= 4 is 39.2 Å². The van der Waals surface area contributed by atoms with Gasteiger partial charge in [-0.05, 0) is 48.9 Å². The van der Waals surface area contributed by atoms with E-state index in [4.69, 9.17) is 11.5 Å². The highest BCUT2D eigenvalue weighted by Gasteiger charge is 2.37. The molecule has 10 heteroatoms. The highest BCUT2D eigenvalue weighted by Crippen LogP contribution is 2.29. The smallest absolute Gasteiger partial charge is 0.261 e. The molecule has 180 valence electrons. The van der Waals surface area contributed by atoms with Crippen molar-refractivity contribution in [2.24, 2.45) is 16.5 Å². The molecule has 1 aliphatic rings. The monoisotopic (exact) mass is 477 g/mol. The molecule has 1 aliphatic heterocycles. The van der Waals surface area contributed by atoms with Crippen molar-refractivity contribution in [2.75, 3.05) is 13.1 Å². The molecule has 0 bridgehead atoms. The number of likely N-dealkylation sites (tertiary alicyclic amines) is 1. The molecule has 1 saturated heterocycles. The fraction of sp³-hybridized carbons (Fsp3) is 0.240. The number of imidazole rings is 1. The van der Waals surface area contributed by atoms with Crippen LogP contribution in [0.3, 0.4) is 0 Å². The average Bonchev–Trinajstić information content (AvgIpc) is 3.48. The van der Waals surface area contributed by atoms with E-state index in [2.05, 4.69) is 19.9 Å². The molecule has 0 spiro atoms. The number of benzene rings is 2. The lowest BCUT2D eigenvalue weighted by Gasteiger charge is -2.15. The van der Waals surface area contributed by atoms with Gasteiger partial charge in [-0.2, -0.15) is 0 Å². The molecular formula is C25H25F2N7O. The molecule has 0 amide bonds. The van der Waals surface area contributed by atoms with Crippen molar-refractivity contribution in [3.05, 3.63) is 71.3 Å². The zero-order chi connectivity index (χ0) is 24.7. The highest BCUT2D eigenvalue weighted by molar-refractivity contribution is 6.27. The summed E-state index contributed by atoms with van der Waals surface area (Å²) < 4.78 is 27.0. The van der Waals surface area contributed by atoms with E-state index in [1.54, 1.807) is 23.1 Å². The van der Waals surface area contributed by atoms with Gasteiger partial charge in [0.15, 0.2) is 0 Å². The van der Waals surface area contributed by atoms with Crippen molar-refractivity contribution in [1.29, 1.82) is 0 Å². The third-order valence-electron chi connectivity index (χ3n) is 6.11. The van der Waals surface area contributed by atoms with Gasteiger partial charge in [-0.15, -0.1) is 0 Å². The number of Topliss-reactive ketones (excluding diaryl/α,β-unsaturated/α-hetero) is 1. The molecule has 2 aromatic carbocycles. The van der Waals surface area contributed by atoms with Crippen LogP contribution < -0.4 is 11.5 Å². The third kappa shape index (κ3) is 4.65. The van der Waals surface area contributed by atoms with E-state index in [0.29, 0.717) is 24.5 Å². The standard InChI is InChI=1S/C25H25F2N7O/c1-14-30-20-5-3-17(10-21(20)31-14)32-24(29)18(11-28)23(35)22-9-16-8-15(2-4-19(16)33-22)12-34-7-6-25(26,27)13-34/h2-5,8-11,33H,6-7,12-13,28H2,1H3,(H2,29,32)(H,30,31). The highest BCUT2D eigenvalue weighted by atomic mass is 19.3. The van der Waals surface area contributed by atoms with Crippen LogP contribution in [0, 0.1) is 6.92 Å². The Bertz CT molecular complexity index is 1500. The number of hydrogen-bond donors (Lipinski definition) is 4. The van der Waals surface area contributed by atoms with Crippen molar-refractivity contribution in [2.45, 2.75) is 25.8 Å². The van der Waals surface area contributed by atoms with Gasteiger partial charge in [0.1, 0.15) is 11.7 Å². The number of amidine groups is 1. The predicted molar refractivity (Wildman–Crippen MR) is 132 cm³/mol. The number of fused-ring (bicyclic) bond motifs is 2. The number of carbonyl (C=O) groups is 1. The number of halogens is 2. The van der Waals surface area contributed by atoms with E-state index in [9.17, 15) is 13.6 Å². The minimum Gasteiger partial charge on any atom is -0.404 e. The lowest BCUT2D eigenvalue weighted by atomic mass is 10.1. The van der Waals surface area contributed by atoms with Crippen LogP contribution in [-0.2, 0) is 6.54 Å². The molecule has 0 radical (unpaired) electrons. The van der Waals surface area contributed by atoms with Crippen LogP contribution in [0.2, 0.25) is 0 Å². The van der Waals surface area contributed by atoms with E-state index < -0.39 is 11.7 Å². The molecule has 5 rings (SSSR count). The second-order valence-corrected chi connectivity index (χ2v) is 8.85. The summed E-state index contributed by atoms with van der Waals surface area (Å²) in [6.07, 6.45) is 1.02. The number of hydrogen-bond acceptors (Lipinski definition) is 5. The first-order chi connectivity index (χ1) is 16.7. The van der Waals surface area contributed by atoms with Gasteiger partial charge in [0.05, 0.1) is 34.5 Å². The second kappa shape index (κ2) is 8.62. The molecule has 6 N–H and O–H groups in total. The molecule has 1 fully saturated rings. The molecule has 4 aromatic rings. The SMILES string of the molecule is Cc1nc2ccc(N=C(N)C(=CN)C(=O)c3cc4cc(CN5CCC(F)(F)C5)ccc4[nH]3)cc2[nH]1. The first-order valence-electron chi connectivity index (χ1n) is 11.2. The maximum Gasteiger partial charge on any atom is 0.261 e. The molecule has 0 aliphatic carbocycles. The molecular weight excluding hydrogens is 452 g/mol. The topological polar surface area (TPSA) is 129 Å². The first-order valence-corrected chi connectivity index (χ1v) is 11.2. The summed E-state index contributed by atoms with van der Waals surface area (Å²) in [5, 5.41) is 0.795. The minimum absolute atomic E-state index is 0.0117. The summed E-state index contributed by atoms with van der Waals surface area (Å²) in [7, 11) is 0. The Morgan fingerprint density at radius 2 is 2.03 bits per heavy atom. The zero-order valence-electron chi connectivity index (χ0n) is 19.1. The maximum absolute atomic E-state index is 13.5. The zero-order valence-corrected chi connectivity index (χ0v) is 19.1. The van der Waals surface area contributed by atoms with Crippen LogP contribution in [0.4, 0.5) is 14.5 Å². The number of aromatic amines is 2. The summed E-state index contributed by atoms with van der Waals surface area (Å²) in [4.78, 5) is 29.9. The van der Waals surface area contributed by atoms with Crippen molar-refractivity contribution < 1.29 is 13.6 Å². The Balaban J connectivity index is 1.36. The van der Waals surface area contributed by atoms with Gasteiger partial charge < -0.3 is 21.4 Å². The molecule has 35 heavy (non-hydrogen) atoms. The number of rotatable bonds is 6. The van der Waals surface area contributed by atoms with Crippen LogP contribution in [0.1, 0.15) is 28.3 Å². The van der Waals surface area contributed by atoms with Crippen molar-refractivity contribution in [3.63, 3.8) is 0 Å². The molecule has 2 aromatic heterocycles. The Kier molecular flexibility index (Phi) is 5.60. The van der Waals surface area contributed by atoms with Gasteiger partial charge in [-0.1, -0.05) is 6.07 Å². The molecule has 0 unspecified atom stereocenters. The number of ketones is 1. The maximum atomic E-state index is 13.5. The quantitative estimate of drug-likeness (QED) is 0.145. The van der Waals surface area contributed by atoms with Crippen LogP contribution in [0.25, 0.3) is 21.9 Å². The summed E-state index contributed by atoms with van der Waals surface area (Å²) in [5.74, 6) is -2.26. The average molecular weight is 478 g/mol. The fourth-order valence-electron chi connectivity index (χ4n) is 4.42. The predicted octanol–water partition coefficient (Wildman–Crippen LogP) is 3.91. The number of nitrogens with one attached hydrogen (secondary N) is 2. The van der Waals surface area contributed by atoms with Crippen LogP contribution in [-0.4, -0.2) is 50.5 Å². The van der Waals surface area contributed by atoms with E-state index in [0.717, 1.165) is 39.5 Å². The van der Waals surface area contributed by atoms with Gasteiger partial charge in [-0.25, -0.2) is 18.8 Å². The molecule has 8 nitrogen and oxygen atoms in total. The Morgan fingerprint density at radius 3 is 2.77 bits per heavy atom. The van der Waals surface area contributed by atoms with Crippen molar-refractivity contribution in [3.8, 4) is 0 Å².